The third-order valence-electron chi connectivity index (χ3n) is 2.45. The highest BCUT2D eigenvalue weighted by Gasteiger charge is 2.08. The lowest BCUT2D eigenvalue weighted by Crippen LogP contribution is -2.10. The van der Waals surface area contributed by atoms with Crippen molar-refractivity contribution in [3.05, 3.63) is 36.2 Å². The number of benzene rings is 1. The Morgan fingerprint density at radius 1 is 1.11 bits per heavy atom. The number of ether oxygens (including phenoxy) is 2. The summed E-state index contributed by atoms with van der Waals surface area (Å²) in [5.74, 6) is 7.77. The number of hydrogen-bond donors (Lipinski definition) is 2. The topological polar surface area (TPSA) is 82.3 Å². The molecule has 2 rings (SSSR count). The molecule has 1 heterocycles. The lowest BCUT2D eigenvalue weighted by molar-refractivity contribution is 0.412. The van der Waals surface area contributed by atoms with Gasteiger partial charge in [-0.2, -0.15) is 0 Å². The van der Waals surface area contributed by atoms with E-state index in [-0.39, 0.29) is 0 Å². The molecule has 1 aromatic heterocycles. The predicted octanol–water partition coefficient (Wildman–Crippen LogP) is 1.87. The van der Waals surface area contributed by atoms with E-state index in [1.807, 2.05) is 19.1 Å². The van der Waals surface area contributed by atoms with Gasteiger partial charge in [-0.15, -0.1) is 0 Å². The molecular weight excluding hydrogens is 232 g/mol. The summed E-state index contributed by atoms with van der Waals surface area (Å²) < 4.78 is 10.7. The standard InChI is InChI=1S/C12H14N4O2/c1-8-11(16-13)14-7-15-12(8)18-10-5-3-9(17-2)4-6-10/h3-7H,13H2,1-2H3,(H,14,15,16). The summed E-state index contributed by atoms with van der Waals surface area (Å²) >= 11 is 0. The molecule has 0 saturated carbocycles. The molecule has 0 aliphatic rings. The molecule has 0 saturated heterocycles. The zero-order valence-electron chi connectivity index (χ0n) is 10.2. The fourth-order valence-electron chi connectivity index (χ4n) is 1.44. The second kappa shape index (κ2) is 5.33. The smallest absolute Gasteiger partial charge is 0.227 e. The number of hydrogen-bond acceptors (Lipinski definition) is 6. The van der Waals surface area contributed by atoms with Crippen LogP contribution in [0.5, 0.6) is 17.4 Å². The second-order valence-electron chi connectivity index (χ2n) is 3.57. The van der Waals surface area contributed by atoms with Crippen molar-refractivity contribution in [2.24, 2.45) is 5.84 Å². The quantitative estimate of drug-likeness (QED) is 0.633. The molecule has 0 aliphatic heterocycles. The highest BCUT2D eigenvalue weighted by Crippen LogP contribution is 2.26. The van der Waals surface area contributed by atoms with Crippen LogP contribution in [-0.4, -0.2) is 17.1 Å². The van der Waals surface area contributed by atoms with E-state index in [4.69, 9.17) is 15.3 Å². The average Bonchev–Trinajstić information content (AvgIpc) is 2.42. The van der Waals surface area contributed by atoms with Crippen LogP contribution < -0.4 is 20.7 Å². The van der Waals surface area contributed by atoms with E-state index in [9.17, 15) is 0 Å². The van der Waals surface area contributed by atoms with Gasteiger partial charge in [0, 0.05) is 0 Å². The van der Waals surface area contributed by atoms with Gasteiger partial charge >= 0.3 is 0 Å². The van der Waals surface area contributed by atoms with Gasteiger partial charge in [-0.05, 0) is 31.2 Å². The second-order valence-corrected chi connectivity index (χ2v) is 3.57. The Hall–Kier alpha value is -2.34. The van der Waals surface area contributed by atoms with Gasteiger partial charge in [-0.1, -0.05) is 0 Å². The fraction of sp³-hybridized carbons (Fsp3) is 0.167. The van der Waals surface area contributed by atoms with Gasteiger partial charge in [0.05, 0.1) is 12.7 Å². The van der Waals surface area contributed by atoms with Crippen LogP contribution in [0.2, 0.25) is 0 Å². The van der Waals surface area contributed by atoms with Crippen LogP contribution in [0.1, 0.15) is 5.56 Å². The zero-order chi connectivity index (χ0) is 13.0. The number of anilines is 1. The van der Waals surface area contributed by atoms with E-state index in [1.165, 1.54) is 6.33 Å². The molecule has 6 nitrogen and oxygen atoms in total. The van der Waals surface area contributed by atoms with E-state index >= 15 is 0 Å². The number of hydrazine groups is 1. The van der Waals surface area contributed by atoms with Gasteiger partial charge in [0.1, 0.15) is 23.6 Å². The van der Waals surface area contributed by atoms with Crippen molar-refractivity contribution < 1.29 is 9.47 Å². The first-order chi connectivity index (χ1) is 8.74. The maximum atomic E-state index is 5.65. The first-order valence-electron chi connectivity index (χ1n) is 5.34. The summed E-state index contributed by atoms with van der Waals surface area (Å²) in [6.07, 6.45) is 1.39. The van der Waals surface area contributed by atoms with Crippen molar-refractivity contribution in [3.8, 4) is 17.4 Å². The van der Waals surface area contributed by atoms with Crippen LogP contribution in [0, 0.1) is 6.92 Å². The summed E-state index contributed by atoms with van der Waals surface area (Å²) in [6, 6.07) is 7.23. The Labute approximate surface area is 105 Å². The molecule has 6 heteroatoms. The third kappa shape index (κ3) is 2.49. The van der Waals surface area contributed by atoms with Gasteiger partial charge in [0.25, 0.3) is 0 Å². The normalized spacial score (nSPS) is 9.94. The van der Waals surface area contributed by atoms with Gasteiger partial charge in [0.15, 0.2) is 0 Å². The van der Waals surface area contributed by atoms with E-state index in [0.717, 1.165) is 11.3 Å². The van der Waals surface area contributed by atoms with Gasteiger partial charge in [-0.3, -0.25) is 0 Å². The lowest BCUT2D eigenvalue weighted by Gasteiger charge is -2.10. The minimum absolute atomic E-state index is 0.461. The molecule has 0 atom stereocenters. The Morgan fingerprint density at radius 2 is 1.78 bits per heavy atom. The number of nitrogens with two attached hydrogens (primary N) is 1. The highest BCUT2D eigenvalue weighted by atomic mass is 16.5. The Morgan fingerprint density at radius 3 is 2.39 bits per heavy atom. The number of rotatable bonds is 4. The van der Waals surface area contributed by atoms with Crippen LogP contribution in [0.15, 0.2) is 30.6 Å². The van der Waals surface area contributed by atoms with Gasteiger partial charge in [0.2, 0.25) is 5.88 Å². The number of nitrogen functional groups attached to an aromatic ring is 1. The lowest BCUT2D eigenvalue weighted by atomic mass is 10.3. The third-order valence-corrected chi connectivity index (χ3v) is 2.45. The summed E-state index contributed by atoms with van der Waals surface area (Å²) in [4.78, 5) is 8.04. The molecular formula is C12H14N4O2. The minimum Gasteiger partial charge on any atom is -0.497 e. The van der Waals surface area contributed by atoms with Crippen LogP contribution in [-0.2, 0) is 0 Å². The molecule has 0 spiro atoms. The predicted molar refractivity (Wildman–Crippen MR) is 67.6 cm³/mol. The van der Waals surface area contributed by atoms with E-state index < -0.39 is 0 Å². The molecule has 0 unspecified atom stereocenters. The van der Waals surface area contributed by atoms with Gasteiger partial charge < -0.3 is 14.9 Å². The summed E-state index contributed by atoms with van der Waals surface area (Å²) in [5, 5.41) is 0. The largest absolute Gasteiger partial charge is 0.497 e. The van der Waals surface area contributed by atoms with Crippen molar-refractivity contribution in [1.82, 2.24) is 9.97 Å². The van der Waals surface area contributed by atoms with Crippen molar-refractivity contribution in [2.45, 2.75) is 6.92 Å². The van der Waals surface area contributed by atoms with E-state index in [0.29, 0.717) is 17.4 Å². The molecule has 18 heavy (non-hydrogen) atoms. The average molecular weight is 246 g/mol. The maximum absolute atomic E-state index is 5.65. The molecule has 2 aromatic rings. The summed E-state index contributed by atoms with van der Waals surface area (Å²) in [5.41, 5.74) is 3.23. The molecule has 0 fully saturated rings. The Bertz CT molecular complexity index is 528. The minimum atomic E-state index is 0.461. The molecule has 1 aromatic carbocycles. The van der Waals surface area contributed by atoms with Crippen LogP contribution in [0.25, 0.3) is 0 Å². The molecule has 94 valence electrons. The highest BCUT2D eigenvalue weighted by molar-refractivity contribution is 5.47. The monoisotopic (exact) mass is 246 g/mol. The number of nitrogens with zero attached hydrogens (tertiary/aromatic N) is 2. The molecule has 0 bridgehead atoms. The van der Waals surface area contributed by atoms with Gasteiger partial charge in [-0.25, -0.2) is 15.8 Å². The zero-order valence-corrected chi connectivity index (χ0v) is 10.2. The first kappa shape index (κ1) is 12.1. The number of methoxy groups -OCH3 is 1. The molecule has 0 radical (unpaired) electrons. The number of nitrogens with one attached hydrogen (secondary N) is 1. The van der Waals surface area contributed by atoms with Crippen LogP contribution in [0.4, 0.5) is 5.82 Å². The van der Waals surface area contributed by atoms with E-state index in [2.05, 4.69) is 15.4 Å². The molecule has 3 N–H and O–H groups in total. The molecule has 0 aliphatic carbocycles. The first-order valence-corrected chi connectivity index (χ1v) is 5.34. The molecule has 0 amide bonds. The Kier molecular flexibility index (Phi) is 3.59. The fourth-order valence-corrected chi connectivity index (χ4v) is 1.44. The van der Waals surface area contributed by atoms with Crippen molar-refractivity contribution in [2.75, 3.05) is 12.5 Å². The van der Waals surface area contributed by atoms with Crippen LogP contribution >= 0.6 is 0 Å². The summed E-state index contributed by atoms with van der Waals surface area (Å²) in [7, 11) is 1.61. The SMILES string of the molecule is COc1ccc(Oc2ncnc(NN)c2C)cc1. The Balaban J connectivity index is 2.22. The van der Waals surface area contributed by atoms with Crippen molar-refractivity contribution in [3.63, 3.8) is 0 Å². The summed E-state index contributed by atoms with van der Waals surface area (Å²) in [6.45, 7) is 1.83. The van der Waals surface area contributed by atoms with Crippen molar-refractivity contribution >= 4 is 5.82 Å². The van der Waals surface area contributed by atoms with Crippen LogP contribution in [0.3, 0.4) is 0 Å². The number of aromatic nitrogens is 2. The maximum Gasteiger partial charge on any atom is 0.227 e. The van der Waals surface area contributed by atoms with Crippen molar-refractivity contribution in [1.29, 1.82) is 0 Å². The van der Waals surface area contributed by atoms with E-state index in [1.54, 1.807) is 19.2 Å².